The molecule has 0 aliphatic heterocycles. The number of ether oxygens (including phenoxy) is 1. The van der Waals surface area contributed by atoms with E-state index in [1.807, 2.05) is 24.3 Å². The maximum atomic E-state index is 12.2. The topological polar surface area (TPSA) is 106 Å². The molecule has 0 unspecified atom stereocenters. The van der Waals surface area contributed by atoms with Gasteiger partial charge in [0.05, 0.1) is 5.39 Å². The minimum Gasteiger partial charge on any atom is -0.475 e. The van der Waals surface area contributed by atoms with Crippen molar-refractivity contribution >= 4 is 23.0 Å². The molecular formula is C29H21NO6. The Labute approximate surface area is 206 Å². The Balaban J connectivity index is 1.15. The van der Waals surface area contributed by atoms with E-state index in [1.54, 1.807) is 12.1 Å². The monoisotopic (exact) mass is 479 g/mol. The summed E-state index contributed by atoms with van der Waals surface area (Å²) in [5.41, 5.74) is 4.97. The van der Waals surface area contributed by atoms with Crippen molar-refractivity contribution in [2.24, 2.45) is 0 Å². The number of benzene rings is 3. The maximum Gasteiger partial charge on any atom is 0.407 e. The van der Waals surface area contributed by atoms with Gasteiger partial charge in [0.2, 0.25) is 5.76 Å². The van der Waals surface area contributed by atoms with Gasteiger partial charge in [-0.3, -0.25) is 4.79 Å². The average molecular weight is 479 g/mol. The lowest BCUT2D eigenvalue weighted by atomic mass is 9.98. The van der Waals surface area contributed by atoms with Gasteiger partial charge in [0.25, 0.3) is 0 Å². The van der Waals surface area contributed by atoms with Crippen molar-refractivity contribution in [3.05, 3.63) is 105 Å². The van der Waals surface area contributed by atoms with Gasteiger partial charge in [0.1, 0.15) is 12.2 Å². The molecule has 2 N–H and O–H groups in total. The second-order valence-electron chi connectivity index (χ2n) is 8.30. The number of carbonyl (C=O) groups excluding carboxylic acids is 1. The van der Waals surface area contributed by atoms with Crippen molar-refractivity contribution in [1.29, 1.82) is 0 Å². The van der Waals surface area contributed by atoms with Crippen molar-refractivity contribution in [3.8, 4) is 23.0 Å². The largest absolute Gasteiger partial charge is 0.475 e. The molecule has 3 aromatic carbocycles. The lowest BCUT2D eigenvalue weighted by Gasteiger charge is -2.14. The van der Waals surface area contributed by atoms with E-state index < -0.39 is 23.3 Å². The molecule has 0 radical (unpaired) electrons. The molecule has 1 aliphatic carbocycles. The number of amides is 1. The number of fused-ring (bicyclic) bond motifs is 4. The van der Waals surface area contributed by atoms with Crippen molar-refractivity contribution in [3.63, 3.8) is 0 Å². The van der Waals surface area contributed by atoms with E-state index in [9.17, 15) is 14.4 Å². The standard InChI is InChI=1S/C29H21NO6/c31-25-16-27(28(32)33)36-26-13-12-18(15-23(25)26)7-5-6-14-30-29(34)35-17-24-21-10-3-1-8-19(21)20-9-2-4-11-22(20)24/h1-4,8-13,15-16,24H,6,14,17H2,(H,30,34)(H,32,33). The summed E-state index contributed by atoms with van der Waals surface area (Å²) in [6.07, 6.45) is -0.120. The van der Waals surface area contributed by atoms with E-state index in [0.717, 1.165) is 17.2 Å². The Morgan fingerprint density at radius 1 is 0.972 bits per heavy atom. The van der Waals surface area contributed by atoms with Crippen LogP contribution in [0.25, 0.3) is 22.1 Å². The molecule has 4 aromatic rings. The Kier molecular flexibility index (Phi) is 6.25. The first kappa shape index (κ1) is 22.9. The second-order valence-corrected chi connectivity index (χ2v) is 8.30. The lowest BCUT2D eigenvalue weighted by Crippen LogP contribution is -2.26. The van der Waals surface area contributed by atoms with Crippen LogP contribution in [0.5, 0.6) is 0 Å². The molecule has 1 aromatic heterocycles. The molecule has 0 bridgehead atoms. The van der Waals surface area contributed by atoms with Gasteiger partial charge in [0, 0.05) is 30.5 Å². The first-order valence-corrected chi connectivity index (χ1v) is 11.4. The number of aromatic carboxylic acids is 1. The normalized spacial score (nSPS) is 11.8. The number of nitrogens with one attached hydrogen (secondary N) is 1. The number of carbonyl (C=O) groups is 2. The van der Waals surface area contributed by atoms with Crippen LogP contribution in [0, 0.1) is 11.8 Å². The summed E-state index contributed by atoms with van der Waals surface area (Å²) in [7, 11) is 0. The van der Waals surface area contributed by atoms with Crippen LogP contribution in [0.4, 0.5) is 4.79 Å². The molecule has 0 spiro atoms. The first-order chi connectivity index (χ1) is 17.5. The van der Waals surface area contributed by atoms with Crippen molar-refractivity contribution in [1.82, 2.24) is 5.32 Å². The number of alkyl carbamates (subject to hydrolysis) is 1. The Morgan fingerprint density at radius 2 is 1.67 bits per heavy atom. The zero-order chi connectivity index (χ0) is 25.1. The molecule has 1 heterocycles. The lowest BCUT2D eigenvalue weighted by molar-refractivity contribution is 0.0663. The molecule has 7 heteroatoms. The van der Waals surface area contributed by atoms with Gasteiger partial charge < -0.3 is 19.6 Å². The van der Waals surface area contributed by atoms with E-state index in [-0.39, 0.29) is 23.5 Å². The van der Waals surface area contributed by atoms with Gasteiger partial charge in [-0.1, -0.05) is 60.4 Å². The molecule has 7 nitrogen and oxygen atoms in total. The van der Waals surface area contributed by atoms with Gasteiger partial charge >= 0.3 is 12.1 Å². The summed E-state index contributed by atoms with van der Waals surface area (Å²) in [4.78, 5) is 35.4. The summed E-state index contributed by atoms with van der Waals surface area (Å²) in [6.45, 7) is 0.552. The molecule has 1 aliphatic rings. The van der Waals surface area contributed by atoms with Crippen LogP contribution < -0.4 is 10.7 Å². The van der Waals surface area contributed by atoms with Crippen LogP contribution in [-0.4, -0.2) is 30.3 Å². The van der Waals surface area contributed by atoms with E-state index in [0.29, 0.717) is 18.5 Å². The Hall–Kier alpha value is -4.83. The third-order valence-electron chi connectivity index (χ3n) is 6.03. The van der Waals surface area contributed by atoms with E-state index in [2.05, 4.69) is 41.4 Å². The van der Waals surface area contributed by atoms with Gasteiger partial charge in [-0.15, -0.1) is 0 Å². The van der Waals surface area contributed by atoms with Crippen molar-refractivity contribution in [2.75, 3.05) is 13.2 Å². The fraction of sp³-hybridized carbons (Fsp3) is 0.138. The summed E-state index contributed by atoms with van der Waals surface area (Å²) < 4.78 is 10.7. The predicted octanol–water partition coefficient (Wildman–Crippen LogP) is 4.77. The number of carboxylic acid groups (broad SMARTS) is 1. The highest BCUT2D eigenvalue weighted by Gasteiger charge is 2.28. The second kappa shape index (κ2) is 9.80. The number of hydrogen-bond acceptors (Lipinski definition) is 5. The fourth-order valence-corrected chi connectivity index (χ4v) is 4.38. The number of carboxylic acids is 1. The van der Waals surface area contributed by atoms with Crippen LogP contribution in [0.3, 0.4) is 0 Å². The van der Waals surface area contributed by atoms with Crippen LogP contribution >= 0.6 is 0 Å². The molecule has 0 atom stereocenters. The summed E-state index contributed by atoms with van der Waals surface area (Å²) >= 11 is 0. The van der Waals surface area contributed by atoms with Crippen LogP contribution in [0.2, 0.25) is 0 Å². The van der Waals surface area contributed by atoms with E-state index in [1.165, 1.54) is 17.2 Å². The van der Waals surface area contributed by atoms with Gasteiger partial charge in [-0.05, 0) is 40.5 Å². The summed E-state index contributed by atoms with van der Waals surface area (Å²) in [5.74, 6) is 4.17. The predicted molar refractivity (Wildman–Crippen MR) is 134 cm³/mol. The number of rotatable bonds is 5. The molecular weight excluding hydrogens is 458 g/mol. The quantitative estimate of drug-likeness (QED) is 0.316. The molecule has 5 rings (SSSR count). The van der Waals surface area contributed by atoms with Crippen LogP contribution in [0.15, 0.2) is 82.0 Å². The third kappa shape index (κ3) is 4.57. The SMILES string of the molecule is O=C(NCCC#Cc1ccc2oc(C(=O)O)cc(=O)c2c1)OCC1c2ccccc2-c2ccccc21. The fourth-order valence-electron chi connectivity index (χ4n) is 4.38. The van der Waals surface area contributed by atoms with E-state index >= 15 is 0 Å². The van der Waals surface area contributed by atoms with E-state index in [4.69, 9.17) is 14.3 Å². The van der Waals surface area contributed by atoms with Gasteiger partial charge in [-0.2, -0.15) is 0 Å². The Bertz CT molecular complexity index is 1560. The zero-order valence-electron chi connectivity index (χ0n) is 19.1. The first-order valence-electron chi connectivity index (χ1n) is 11.4. The molecule has 1 amide bonds. The average Bonchev–Trinajstić information content (AvgIpc) is 3.21. The van der Waals surface area contributed by atoms with Gasteiger partial charge in [-0.25, -0.2) is 9.59 Å². The minimum absolute atomic E-state index is 0.0000587. The highest BCUT2D eigenvalue weighted by molar-refractivity contribution is 5.87. The smallest absolute Gasteiger partial charge is 0.407 e. The summed E-state index contributed by atoms with van der Waals surface area (Å²) in [5, 5.41) is 12.0. The molecule has 0 saturated heterocycles. The zero-order valence-corrected chi connectivity index (χ0v) is 19.1. The molecule has 0 fully saturated rings. The molecule has 0 saturated carbocycles. The van der Waals surface area contributed by atoms with Crippen LogP contribution in [-0.2, 0) is 4.74 Å². The van der Waals surface area contributed by atoms with Crippen molar-refractivity contribution < 1.29 is 23.8 Å². The Morgan fingerprint density at radius 3 is 2.36 bits per heavy atom. The number of hydrogen-bond donors (Lipinski definition) is 2. The summed E-state index contributed by atoms with van der Waals surface area (Å²) in [6, 6.07) is 22.0. The minimum atomic E-state index is -1.30. The molecule has 36 heavy (non-hydrogen) atoms. The highest BCUT2D eigenvalue weighted by Crippen LogP contribution is 2.44. The van der Waals surface area contributed by atoms with Crippen molar-refractivity contribution in [2.45, 2.75) is 12.3 Å². The molecule has 178 valence electrons. The highest BCUT2D eigenvalue weighted by atomic mass is 16.5. The third-order valence-corrected chi connectivity index (χ3v) is 6.03. The van der Waals surface area contributed by atoms with Crippen LogP contribution in [0.1, 0.15) is 39.6 Å². The van der Waals surface area contributed by atoms with Gasteiger partial charge in [0.15, 0.2) is 5.43 Å². The maximum absolute atomic E-state index is 12.2.